The molecule has 0 aliphatic heterocycles. The molecule has 0 spiro atoms. The van der Waals surface area contributed by atoms with Crippen molar-refractivity contribution < 1.29 is 4.74 Å². The average molecular weight is 359 g/mol. The van der Waals surface area contributed by atoms with Crippen LogP contribution < -0.4 is 15.4 Å². The summed E-state index contributed by atoms with van der Waals surface area (Å²) in [5.41, 5.74) is 1.16. The molecule has 1 saturated carbocycles. The van der Waals surface area contributed by atoms with Crippen LogP contribution in [0.3, 0.4) is 0 Å². The Kier molecular flexibility index (Phi) is 6.28. The van der Waals surface area contributed by atoms with Gasteiger partial charge in [0.2, 0.25) is 0 Å². The molecule has 6 heteroatoms. The molecular formula is C19H26N4OS. The molecule has 1 aliphatic carbocycles. The van der Waals surface area contributed by atoms with Gasteiger partial charge in [-0.15, -0.1) is 11.3 Å². The average Bonchev–Trinajstić information content (AvgIpc) is 3.28. The zero-order valence-electron chi connectivity index (χ0n) is 14.9. The fourth-order valence-electron chi connectivity index (χ4n) is 2.99. The number of aryl methyl sites for hydroxylation is 1. The monoisotopic (exact) mass is 358 g/mol. The number of aliphatic imine (C=N–C) groups is 1. The molecule has 0 bridgehead atoms. The number of para-hydroxylation sites is 1. The van der Waals surface area contributed by atoms with E-state index in [9.17, 15) is 0 Å². The molecule has 5 nitrogen and oxygen atoms in total. The highest BCUT2D eigenvalue weighted by Crippen LogP contribution is 2.26. The molecule has 134 valence electrons. The molecule has 1 aromatic heterocycles. The van der Waals surface area contributed by atoms with E-state index < -0.39 is 0 Å². The highest BCUT2D eigenvalue weighted by Gasteiger charge is 2.17. The van der Waals surface area contributed by atoms with E-state index in [1.54, 1.807) is 18.4 Å². The van der Waals surface area contributed by atoms with Crippen molar-refractivity contribution in [1.29, 1.82) is 0 Å². The minimum atomic E-state index is 0.367. The van der Waals surface area contributed by atoms with Gasteiger partial charge < -0.3 is 15.4 Å². The SMILES string of the molecule is CN=C(NCc1ncc(C)s1)NCc1ccccc1OC1CCCC1. The molecule has 0 amide bonds. The minimum absolute atomic E-state index is 0.367. The lowest BCUT2D eigenvalue weighted by Gasteiger charge is -2.17. The highest BCUT2D eigenvalue weighted by atomic mass is 32.1. The fraction of sp³-hybridized carbons (Fsp3) is 0.474. The molecule has 0 saturated heterocycles. The molecule has 1 fully saturated rings. The van der Waals surface area contributed by atoms with Crippen molar-refractivity contribution >= 4 is 17.3 Å². The first-order valence-corrected chi connectivity index (χ1v) is 9.66. The van der Waals surface area contributed by atoms with Crippen LogP contribution in [-0.4, -0.2) is 24.1 Å². The van der Waals surface area contributed by atoms with Crippen LogP contribution in [0.5, 0.6) is 5.75 Å². The van der Waals surface area contributed by atoms with Gasteiger partial charge in [0.15, 0.2) is 5.96 Å². The standard InChI is InChI=1S/C19H26N4OS/c1-14-11-21-18(25-14)13-23-19(20-2)22-12-15-7-3-6-10-17(15)24-16-8-4-5-9-16/h3,6-7,10-11,16H,4-5,8-9,12-13H2,1-2H3,(H2,20,22,23). The largest absolute Gasteiger partial charge is 0.490 e. The number of nitrogens with zero attached hydrogens (tertiary/aromatic N) is 2. The van der Waals surface area contributed by atoms with E-state index in [0.717, 1.165) is 35.1 Å². The third-order valence-corrected chi connectivity index (χ3v) is 5.23. The smallest absolute Gasteiger partial charge is 0.191 e. The molecular weight excluding hydrogens is 332 g/mol. The van der Waals surface area contributed by atoms with Crippen molar-refractivity contribution in [2.24, 2.45) is 4.99 Å². The van der Waals surface area contributed by atoms with Gasteiger partial charge in [0.05, 0.1) is 12.6 Å². The van der Waals surface area contributed by atoms with Crippen molar-refractivity contribution in [2.45, 2.75) is 51.8 Å². The molecule has 0 atom stereocenters. The van der Waals surface area contributed by atoms with Crippen LogP contribution in [0.1, 0.15) is 41.1 Å². The number of hydrogen-bond donors (Lipinski definition) is 2. The number of benzene rings is 1. The Morgan fingerprint density at radius 1 is 1.24 bits per heavy atom. The lowest BCUT2D eigenvalue weighted by molar-refractivity contribution is 0.208. The maximum Gasteiger partial charge on any atom is 0.191 e. The predicted octanol–water partition coefficient (Wildman–Crippen LogP) is 3.64. The van der Waals surface area contributed by atoms with Crippen LogP contribution in [0.25, 0.3) is 0 Å². The second-order valence-corrected chi connectivity index (χ2v) is 7.60. The van der Waals surface area contributed by atoms with Crippen molar-refractivity contribution in [1.82, 2.24) is 15.6 Å². The molecule has 3 rings (SSSR count). The van der Waals surface area contributed by atoms with E-state index in [1.807, 2.05) is 18.3 Å². The molecule has 1 aromatic carbocycles. The zero-order chi connectivity index (χ0) is 17.5. The molecule has 2 N–H and O–H groups in total. The van der Waals surface area contributed by atoms with Gasteiger partial charge in [-0.1, -0.05) is 18.2 Å². The van der Waals surface area contributed by atoms with Crippen LogP contribution >= 0.6 is 11.3 Å². The van der Waals surface area contributed by atoms with Crippen LogP contribution in [0.2, 0.25) is 0 Å². The van der Waals surface area contributed by atoms with Gasteiger partial charge >= 0.3 is 0 Å². The van der Waals surface area contributed by atoms with E-state index in [1.165, 1.54) is 17.7 Å². The lowest BCUT2D eigenvalue weighted by atomic mass is 10.2. The molecule has 0 unspecified atom stereocenters. The van der Waals surface area contributed by atoms with E-state index in [-0.39, 0.29) is 0 Å². The Bertz CT molecular complexity index is 707. The topological polar surface area (TPSA) is 58.5 Å². The third-order valence-electron chi connectivity index (χ3n) is 4.31. The highest BCUT2D eigenvalue weighted by molar-refractivity contribution is 7.11. The number of aromatic nitrogens is 1. The number of nitrogens with one attached hydrogen (secondary N) is 2. The van der Waals surface area contributed by atoms with Gasteiger partial charge in [-0.2, -0.15) is 0 Å². The van der Waals surface area contributed by atoms with E-state index in [4.69, 9.17) is 4.74 Å². The molecule has 1 aliphatic rings. The predicted molar refractivity (Wildman–Crippen MR) is 103 cm³/mol. The van der Waals surface area contributed by atoms with Crippen LogP contribution in [0.4, 0.5) is 0 Å². The summed E-state index contributed by atoms with van der Waals surface area (Å²) in [6.45, 7) is 3.42. The van der Waals surface area contributed by atoms with E-state index in [2.05, 4.69) is 39.7 Å². The first-order chi connectivity index (χ1) is 12.2. The van der Waals surface area contributed by atoms with Crippen molar-refractivity contribution in [3.05, 3.63) is 45.9 Å². The Morgan fingerprint density at radius 2 is 2.00 bits per heavy atom. The first kappa shape index (κ1) is 17.7. The van der Waals surface area contributed by atoms with Gasteiger partial charge in [0, 0.05) is 30.2 Å². The van der Waals surface area contributed by atoms with Crippen molar-refractivity contribution in [2.75, 3.05) is 7.05 Å². The summed E-state index contributed by atoms with van der Waals surface area (Å²) in [6, 6.07) is 8.25. The first-order valence-electron chi connectivity index (χ1n) is 8.85. The Hall–Kier alpha value is -2.08. The normalized spacial score (nSPS) is 15.4. The Balaban J connectivity index is 1.54. The second-order valence-electron chi connectivity index (χ2n) is 6.28. The van der Waals surface area contributed by atoms with Crippen LogP contribution in [-0.2, 0) is 13.1 Å². The molecule has 1 heterocycles. The molecule has 25 heavy (non-hydrogen) atoms. The summed E-state index contributed by atoms with van der Waals surface area (Å²) in [6.07, 6.45) is 7.15. The third kappa shape index (κ3) is 5.19. The Labute approximate surface area is 153 Å². The summed E-state index contributed by atoms with van der Waals surface area (Å²) >= 11 is 1.70. The quantitative estimate of drug-likeness (QED) is 0.611. The van der Waals surface area contributed by atoms with Gasteiger partial charge in [-0.3, -0.25) is 4.99 Å². The maximum atomic E-state index is 6.20. The number of rotatable bonds is 6. The van der Waals surface area contributed by atoms with Gasteiger partial charge in [-0.05, 0) is 38.7 Å². The summed E-state index contributed by atoms with van der Waals surface area (Å²) in [7, 11) is 1.78. The lowest BCUT2D eigenvalue weighted by Crippen LogP contribution is -2.36. The number of hydrogen-bond acceptors (Lipinski definition) is 4. The van der Waals surface area contributed by atoms with Crippen LogP contribution in [0.15, 0.2) is 35.5 Å². The summed E-state index contributed by atoms with van der Waals surface area (Å²) in [5.74, 6) is 1.75. The summed E-state index contributed by atoms with van der Waals surface area (Å²) in [5, 5.41) is 7.73. The van der Waals surface area contributed by atoms with Gasteiger partial charge in [0.25, 0.3) is 0 Å². The maximum absolute atomic E-state index is 6.20. The minimum Gasteiger partial charge on any atom is -0.490 e. The fourth-order valence-corrected chi connectivity index (χ4v) is 3.72. The molecule has 2 aromatic rings. The van der Waals surface area contributed by atoms with Gasteiger partial charge in [-0.25, -0.2) is 4.98 Å². The van der Waals surface area contributed by atoms with Crippen LogP contribution in [0, 0.1) is 6.92 Å². The number of guanidine groups is 1. The van der Waals surface area contributed by atoms with Crippen molar-refractivity contribution in [3.8, 4) is 5.75 Å². The van der Waals surface area contributed by atoms with E-state index >= 15 is 0 Å². The van der Waals surface area contributed by atoms with Gasteiger partial charge in [0.1, 0.15) is 10.8 Å². The number of thiazole rings is 1. The van der Waals surface area contributed by atoms with Crippen molar-refractivity contribution in [3.63, 3.8) is 0 Å². The summed E-state index contributed by atoms with van der Waals surface area (Å²) < 4.78 is 6.20. The summed E-state index contributed by atoms with van der Waals surface area (Å²) in [4.78, 5) is 9.87. The zero-order valence-corrected chi connectivity index (χ0v) is 15.7. The second kappa shape index (κ2) is 8.85. The number of ether oxygens (including phenoxy) is 1. The molecule has 0 radical (unpaired) electrons. The van der Waals surface area contributed by atoms with E-state index in [0.29, 0.717) is 19.2 Å². The Morgan fingerprint density at radius 3 is 2.72 bits per heavy atom.